The minimum Gasteiger partial charge on any atom is -0.329 e. The predicted molar refractivity (Wildman–Crippen MR) is 124 cm³/mol. The van der Waals surface area contributed by atoms with Gasteiger partial charge >= 0.3 is 0 Å². The van der Waals surface area contributed by atoms with Crippen molar-refractivity contribution in [2.45, 2.75) is 26.8 Å². The molecule has 3 nitrogen and oxygen atoms in total. The van der Waals surface area contributed by atoms with Gasteiger partial charge in [-0.05, 0) is 42.2 Å². The molecule has 4 aromatic rings. The number of anilines is 1. The van der Waals surface area contributed by atoms with E-state index in [1.807, 2.05) is 32.0 Å². The van der Waals surface area contributed by atoms with Crippen LogP contribution in [0.2, 0.25) is 0 Å². The smallest absolute Gasteiger partial charge is 0.230 e. The number of nitrogens with zero attached hydrogens (tertiary/aromatic N) is 1. The van der Waals surface area contributed by atoms with Crippen LogP contribution in [0.3, 0.4) is 0 Å². The van der Waals surface area contributed by atoms with E-state index in [0.717, 1.165) is 28.1 Å². The molecule has 0 saturated heterocycles. The lowest BCUT2D eigenvalue weighted by Gasteiger charge is -2.14. The van der Waals surface area contributed by atoms with E-state index in [4.69, 9.17) is 0 Å². The predicted octanol–water partition coefficient (Wildman–Crippen LogP) is 6.14. The Balaban J connectivity index is 1.71. The minimum atomic E-state index is -0.368. The van der Waals surface area contributed by atoms with Gasteiger partial charge in [-0.2, -0.15) is 0 Å². The molecular formula is C27H25FN2O. The van der Waals surface area contributed by atoms with Gasteiger partial charge in [-0.1, -0.05) is 78.4 Å². The first-order chi connectivity index (χ1) is 15.0. The lowest BCUT2D eigenvalue weighted by molar-refractivity contribution is -0.115. The van der Waals surface area contributed by atoms with Crippen LogP contribution in [0, 0.1) is 19.7 Å². The van der Waals surface area contributed by atoms with Crippen LogP contribution in [0.5, 0.6) is 0 Å². The van der Waals surface area contributed by atoms with Crippen LogP contribution in [-0.4, -0.2) is 10.5 Å². The summed E-state index contributed by atoms with van der Waals surface area (Å²) in [7, 11) is 0. The third-order valence-electron chi connectivity index (χ3n) is 5.37. The lowest BCUT2D eigenvalue weighted by Crippen LogP contribution is -2.18. The number of aryl methyl sites for hydroxylation is 2. The molecule has 4 rings (SSSR count). The second kappa shape index (κ2) is 9.00. The van der Waals surface area contributed by atoms with Crippen molar-refractivity contribution in [2.75, 3.05) is 5.32 Å². The molecule has 0 spiro atoms. The van der Waals surface area contributed by atoms with Crippen molar-refractivity contribution in [1.29, 1.82) is 0 Å². The SMILES string of the molecule is Cc1ccc(-c2c(C)cn(Cc3ccccc3)c2NC(=O)Cc2ccccc2F)cc1. The maximum Gasteiger partial charge on any atom is 0.230 e. The van der Waals surface area contributed by atoms with E-state index in [1.54, 1.807) is 18.2 Å². The Kier molecular flexibility index (Phi) is 5.99. The first-order valence-electron chi connectivity index (χ1n) is 10.3. The van der Waals surface area contributed by atoms with Crippen LogP contribution in [0.4, 0.5) is 10.2 Å². The van der Waals surface area contributed by atoms with E-state index in [2.05, 4.69) is 52.5 Å². The minimum absolute atomic E-state index is 0.0183. The monoisotopic (exact) mass is 412 g/mol. The Bertz CT molecular complexity index is 1190. The van der Waals surface area contributed by atoms with Gasteiger partial charge in [-0.25, -0.2) is 4.39 Å². The number of hydrogen-bond donors (Lipinski definition) is 1. The average molecular weight is 413 g/mol. The highest BCUT2D eigenvalue weighted by Crippen LogP contribution is 2.34. The van der Waals surface area contributed by atoms with Crippen molar-refractivity contribution in [3.8, 4) is 11.1 Å². The molecule has 0 fully saturated rings. The molecule has 1 N–H and O–H groups in total. The molecule has 0 aliphatic heterocycles. The number of amides is 1. The molecule has 4 heteroatoms. The highest BCUT2D eigenvalue weighted by atomic mass is 19.1. The van der Waals surface area contributed by atoms with Crippen molar-refractivity contribution in [1.82, 2.24) is 4.57 Å². The van der Waals surface area contributed by atoms with Crippen molar-refractivity contribution in [3.05, 3.63) is 113 Å². The first-order valence-corrected chi connectivity index (χ1v) is 10.3. The zero-order chi connectivity index (χ0) is 21.8. The largest absolute Gasteiger partial charge is 0.329 e. The number of carbonyl (C=O) groups is 1. The summed E-state index contributed by atoms with van der Waals surface area (Å²) < 4.78 is 16.1. The van der Waals surface area contributed by atoms with E-state index < -0.39 is 0 Å². The fourth-order valence-corrected chi connectivity index (χ4v) is 3.81. The Morgan fingerprint density at radius 2 is 1.58 bits per heavy atom. The molecule has 0 unspecified atom stereocenters. The summed E-state index contributed by atoms with van der Waals surface area (Å²) in [4.78, 5) is 12.9. The molecule has 31 heavy (non-hydrogen) atoms. The van der Waals surface area contributed by atoms with Crippen LogP contribution >= 0.6 is 0 Å². The average Bonchev–Trinajstić information content (AvgIpc) is 3.05. The van der Waals surface area contributed by atoms with E-state index >= 15 is 0 Å². The van der Waals surface area contributed by atoms with Crippen molar-refractivity contribution < 1.29 is 9.18 Å². The van der Waals surface area contributed by atoms with Crippen LogP contribution in [0.25, 0.3) is 11.1 Å². The van der Waals surface area contributed by atoms with E-state index in [1.165, 1.54) is 11.6 Å². The number of benzene rings is 3. The van der Waals surface area contributed by atoms with Gasteiger partial charge < -0.3 is 9.88 Å². The van der Waals surface area contributed by atoms with Gasteiger partial charge in [0.15, 0.2) is 0 Å². The molecule has 1 amide bonds. The second-order valence-electron chi connectivity index (χ2n) is 7.83. The van der Waals surface area contributed by atoms with Gasteiger partial charge in [-0.3, -0.25) is 4.79 Å². The number of carbonyl (C=O) groups excluding carboxylic acids is 1. The van der Waals surface area contributed by atoms with Gasteiger partial charge in [0.2, 0.25) is 5.91 Å². The van der Waals surface area contributed by atoms with Gasteiger partial charge in [-0.15, -0.1) is 0 Å². The molecule has 1 heterocycles. The standard InChI is InChI=1S/C27H25FN2O/c1-19-12-14-22(15-13-19)26-20(2)17-30(18-21-8-4-3-5-9-21)27(26)29-25(31)16-23-10-6-7-11-24(23)28/h3-15,17H,16,18H2,1-2H3,(H,29,31). The highest BCUT2D eigenvalue weighted by Gasteiger charge is 2.18. The molecule has 1 aromatic heterocycles. The summed E-state index contributed by atoms with van der Waals surface area (Å²) in [5, 5.41) is 3.07. The summed E-state index contributed by atoms with van der Waals surface area (Å²) >= 11 is 0. The molecule has 0 atom stereocenters. The number of rotatable bonds is 6. The summed E-state index contributed by atoms with van der Waals surface area (Å²) in [5.41, 5.74) is 5.79. The summed E-state index contributed by atoms with van der Waals surface area (Å²) in [5.74, 6) is 0.115. The topological polar surface area (TPSA) is 34.0 Å². The first kappa shape index (κ1) is 20.6. The lowest BCUT2D eigenvalue weighted by atomic mass is 10.0. The van der Waals surface area contributed by atoms with Crippen molar-refractivity contribution >= 4 is 11.7 Å². The normalized spacial score (nSPS) is 10.8. The van der Waals surface area contributed by atoms with E-state index in [9.17, 15) is 9.18 Å². The Morgan fingerprint density at radius 1 is 0.903 bits per heavy atom. The number of halogens is 1. The van der Waals surface area contributed by atoms with E-state index in [-0.39, 0.29) is 18.1 Å². The second-order valence-corrected chi connectivity index (χ2v) is 7.83. The summed E-state index contributed by atoms with van der Waals surface area (Å²) in [6.07, 6.45) is 2.04. The number of aromatic nitrogens is 1. The number of nitrogens with one attached hydrogen (secondary N) is 1. The van der Waals surface area contributed by atoms with Gasteiger partial charge in [0.25, 0.3) is 0 Å². The Labute approximate surface area is 182 Å². The molecule has 0 aliphatic rings. The van der Waals surface area contributed by atoms with Crippen LogP contribution in [-0.2, 0) is 17.8 Å². The van der Waals surface area contributed by atoms with Gasteiger partial charge in [0.1, 0.15) is 11.6 Å². The van der Waals surface area contributed by atoms with Gasteiger partial charge in [0.05, 0.1) is 6.42 Å². The molecule has 0 saturated carbocycles. The number of hydrogen-bond acceptors (Lipinski definition) is 1. The Morgan fingerprint density at radius 3 is 2.29 bits per heavy atom. The summed E-state index contributed by atoms with van der Waals surface area (Å²) in [6.45, 7) is 4.72. The fraction of sp³-hybridized carbons (Fsp3) is 0.148. The maximum atomic E-state index is 14.1. The fourth-order valence-electron chi connectivity index (χ4n) is 3.81. The zero-order valence-corrected chi connectivity index (χ0v) is 17.7. The third-order valence-corrected chi connectivity index (χ3v) is 5.37. The molecule has 0 aliphatic carbocycles. The van der Waals surface area contributed by atoms with Crippen LogP contribution in [0.15, 0.2) is 85.1 Å². The maximum absolute atomic E-state index is 14.1. The van der Waals surface area contributed by atoms with E-state index in [0.29, 0.717) is 12.1 Å². The zero-order valence-electron chi connectivity index (χ0n) is 17.7. The van der Waals surface area contributed by atoms with Crippen LogP contribution in [0.1, 0.15) is 22.3 Å². The highest BCUT2D eigenvalue weighted by molar-refractivity contribution is 5.96. The molecule has 0 bridgehead atoms. The molecule has 156 valence electrons. The van der Waals surface area contributed by atoms with Crippen LogP contribution < -0.4 is 5.32 Å². The quantitative estimate of drug-likeness (QED) is 0.405. The van der Waals surface area contributed by atoms with Crippen molar-refractivity contribution in [2.24, 2.45) is 0 Å². The molecular weight excluding hydrogens is 387 g/mol. The molecule has 0 radical (unpaired) electrons. The summed E-state index contributed by atoms with van der Waals surface area (Å²) in [6, 6.07) is 24.8. The third kappa shape index (κ3) is 4.75. The molecule has 3 aromatic carbocycles. The Hall–Kier alpha value is -3.66. The van der Waals surface area contributed by atoms with Gasteiger partial charge in [0, 0.05) is 18.3 Å². The van der Waals surface area contributed by atoms with Crippen molar-refractivity contribution in [3.63, 3.8) is 0 Å².